The van der Waals surface area contributed by atoms with Gasteiger partial charge in [-0.25, -0.2) is 4.39 Å². The van der Waals surface area contributed by atoms with Crippen LogP contribution in [0.15, 0.2) is 18.2 Å². The standard InChI is InChI=1S/C12H14ClFN2/c1-2-7-16(8-6-15)9-10-4-3-5-11(14)12(10)13/h3-5H,2,7-9H2,1H3. The fourth-order valence-electron chi connectivity index (χ4n) is 1.54. The minimum atomic E-state index is -0.410. The van der Waals surface area contributed by atoms with Gasteiger partial charge in [0.15, 0.2) is 0 Å². The van der Waals surface area contributed by atoms with Crippen molar-refractivity contribution in [3.63, 3.8) is 0 Å². The van der Waals surface area contributed by atoms with Crippen LogP contribution in [0.5, 0.6) is 0 Å². The van der Waals surface area contributed by atoms with Crippen LogP contribution < -0.4 is 0 Å². The molecule has 0 bridgehead atoms. The van der Waals surface area contributed by atoms with Crippen molar-refractivity contribution < 1.29 is 4.39 Å². The van der Waals surface area contributed by atoms with E-state index in [-0.39, 0.29) is 5.02 Å². The second kappa shape index (κ2) is 6.47. The summed E-state index contributed by atoms with van der Waals surface area (Å²) in [5.74, 6) is -0.410. The largest absolute Gasteiger partial charge is 0.286 e. The maximum Gasteiger partial charge on any atom is 0.142 e. The molecule has 0 spiro atoms. The molecule has 0 aromatic heterocycles. The van der Waals surface area contributed by atoms with Gasteiger partial charge in [-0.3, -0.25) is 4.90 Å². The van der Waals surface area contributed by atoms with E-state index in [9.17, 15) is 4.39 Å². The van der Waals surface area contributed by atoms with E-state index in [1.807, 2.05) is 11.8 Å². The molecule has 0 saturated heterocycles. The van der Waals surface area contributed by atoms with Gasteiger partial charge in [-0.2, -0.15) is 5.26 Å². The zero-order valence-corrected chi connectivity index (χ0v) is 9.97. The quantitative estimate of drug-likeness (QED) is 0.739. The summed E-state index contributed by atoms with van der Waals surface area (Å²) in [6, 6.07) is 6.84. The Morgan fingerprint density at radius 1 is 1.50 bits per heavy atom. The molecule has 4 heteroatoms. The maximum absolute atomic E-state index is 13.2. The summed E-state index contributed by atoms with van der Waals surface area (Å²) >= 11 is 5.85. The first-order chi connectivity index (χ1) is 7.69. The Morgan fingerprint density at radius 3 is 2.88 bits per heavy atom. The van der Waals surface area contributed by atoms with Gasteiger partial charge in [-0.1, -0.05) is 30.7 Å². The Kier molecular flexibility index (Phi) is 5.24. The number of halogens is 2. The molecule has 1 rings (SSSR count). The molecule has 0 radical (unpaired) electrons. The maximum atomic E-state index is 13.2. The fraction of sp³-hybridized carbons (Fsp3) is 0.417. The summed E-state index contributed by atoms with van der Waals surface area (Å²) in [7, 11) is 0. The third-order valence-electron chi connectivity index (χ3n) is 2.26. The molecule has 16 heavy (non-hydrogen) atoms. The summed E-state index contributed by atoms with van der Waals surface area (Å²) in [6.45, 7) is 3.69. The van der Waals surface area contributed by atoms with E-state index < -0.39 is 5.82 Å². The molecule has 0 aliphatic heterocycles. The van der Waals surface area contributed by atoms with Gasteiger partial charge in [0.1, 0.15) is 5.82 Å². The van der Waals surface area contributed by atoms with Gasteiger partial charge in [-0.05, 0) is 24.6 Å². The minimum absolute atomic E-state index is 0.154. The molecule has 86 valence electrons. The lowest BCUT2D eigenvalue weighted by Gasteiger charge is -2.18. The molecule has 0 fully saturated rings. The molecule has 0 saturated carbocycles. The Labute approximate surface area is 100 Å². The van der Waals surface area contributed by atoms with Crippen LogP contribution in [-0.4, -0.2) is 18.0 Å². The van der Waals surface area contributed by atoms with E-state index in [1.165, 1.54) is 6.07 Å². The van der Waals surface area contributed by atoms with Crippen molar-refractivity contribution >= 4 is 11.6 Å². The van der Waals surface area contributed by atoms with Crippen molar-refractivity contribution in [2.45, 2.75) is 19.9 Å². The van der Waals surface area contributed by atoms with Crippen LogP contribution in [0.2, 0.25) is 5.02 Å². The van der Waals surface area contributed by atoms with Crippen molar-refractivity contribution in [3.05, 3.63) is 34.6 Å². The molecule has 2 nitrogen and oxygen atoms in total. The van der Waals surface area contributed by atoms with E-state index in [0.717, 1.165) is 18.5 Å². The first-order valence-electron chi connectivity index (χ1n) is 5.21. The van der Waals surface area contributed by atoms with E-state index in [0.29, 0.717) is 13.1 Å². The van der Waals surface area contributed by atoms with E-state index in [1.54, 1.807) is 12.1 Å². The Balaban J connectivity index is 2.77. The highest BCUT2D eigenvalue weighted by atomic mass is 35.5. The van der Waals surface area contributed by atoms with Gasteiger partial charge < -0.3 is 0 Å². The molecular weight excluding hydrogens is 227 g/mol. The normalized spacial score (nSPS) is 10.4. The van der Waals surface area contributed by atoms with Crippen molar-refractivity contribution in [1.29, 1.82) is 5.26 Å². The van der Waals surface area contributed by atoms with Crippen LogP contribution in [0, 0.1) is 17.1 Å². The highest BCUT2D eigenvalue weighted by Crippen LogP contribution is 2.21. The Hall–Kier alpha value is -1.11. The molecule has 1 aromatic carbocycles. The van der Waals surface area contributed by atoms with Crippen LogP contribution in [0.3, 0.4) is 0 Å². The molecule has 0 amide bonds. The van der Waals surface area contributed by atoms with Gasteiger partial charge in [0, 0.05) is 6.54 Å². The summed E-state index contributed by atoms with van der Waals surface area (Å²) < 4.78 is 13.2. The Bertz CT molecular complexity index is 387. The summed E-state index contributed by atoms with van der Waals surface area (Å²) in [5.41, 5.74) is 0.727. The number of hydrogen-bond acceptors (Lipinski definition) is 2. The number of benzene rings is 1. The summed E-state index contributed by atoms with van der Waals surface area (Å²) in [4.78, 5) is 1.95. The van der Waals surface area contributed by atoms with Crippen molar-refractivity contribution in [2.75, 3.05) is 13.1 Å². The topological polar surface area (TPSA) is 27.0 Å². The third kappa shape index (κ3) is 3.48. The van der Waals surface area contributed by atoms with Gasteiger partial charge in [0.2, 0.25) is 0 Å². The van der Waals surface area contributed by atoms with Crippen molar-refractivity contribution in [3.8, 4) is 6.07 Å². The van der Waals surface area contributed by atoms with Crippen LogP contribution in [0.4, 0.5) is 4.39 Å². The molecule has 0 N–H and O–H groups in total. The van der Waals surface area contributed by atoms with E-state index in [2.05, 4.69) is 6.07 Å². The van der Waals surface area contributed by atoms with Crippen LogP contribution in [0.1, 0.15) is 18.9 Å². The molecule has 0 heterocycles. The highest BCUT2D eigenvalue weighted by Gasteiger charge is 2.09. The molecule has 0 atom stereocenters. The lowest BCUT2D eigenvalue weighted by molar-refractivity contribution is 0.298. The SMILES string of the molecule is CCCN(CC#N)Cc1cccc(F)c1Cl. The van der Waals surface area contributed by atoms with Crippen LogP contribution >= 0.6 is 11.6 Å². The highest BCUT2D eigenvalue weighted by molar-refractivity contribution is 6.31. The van der Waals surface area contributed by atoms with E-state index >= 15 is 0 Å². The number of rotatable bonds is 5. The van der Waals surface area contributed by atoms with Crippen molar-refractivity contribution in [1.82, 2.24) is 4.90 Å². The lowest BCUT2D eigenvalue weighted by atomic mass is 10.2. The van der Waals surface area contributed by atoms with Crippen molar-refractivity contribution in [2.24, 2.45) is 0 Å². The fourth-order valence-corrected chi connectivity index (χ4v) is 1.73. The monoisotopic (exact) mass is 240 g/mol. The minimum Gasteiger partial charge on any atom is -0.286 e. The van der Waals surface area contributed by atoms with Crippen LogP contribution in [-0.2, 0) is 6.54 Å². The molecule has 1 aromatic rings. The average Bonchev–Trinajstić information content (AvgIpc) is 2.25. The summed E-state index contributed by atoms with van der Waals surface area (Å²) in [6.07, 6.45) is 0.953. The molecule has 0 unspecified atom stereocenters. The number of hydrogen-bond donors (Lipinski definition) is 0. The summed E-state index contributed by atoms with van der Waals surface area (Å²) in [5, 5.41) is 8.82. The van der Waals surface area contributed by atoms with Gasteiger partial charge in [0.05, 0.1) is 17.6 Å². The zero-order valence-electron chi connectivity index (χ0n) is 9.21. The lowest BCUT2D eigenvalue weighted by Crippen LogP contribution is -2.24. The number of nitriles is 1. The first kappa shape index (κ1) is 13.0. The van der Waals surface area contributed by atoms with E-state index in [4.69, 9.17) is 16.9 Å². The zero-order chi connectivity index (χ0) is 12.0. The van der Waals surface area contributed by atoms with Gasteiger partial charge in [0.25, 0.3) is 0 Å². The van der Waals surface area contributed by atoms with Crippen LogP contribution in [0.25, 0.3) is 0 Å². The number of nitrogens with zero attached hydrogens (tertiary/aromatic N) is 2. The Morgan fingerprint density at radius 2 is 2.25 bits per heavy atom. The van der Waals surface area contributed by atoms with Gasteiger partial charge in [-0.15, -0.1) is 0 Å². The predicted molar refractivity (Wildman–Crippen MR) is 62.6 cm³/mol. The predicted octanol–water partition coefficient (Wildman–Crippen LogP) is 3.21. The second-order valence-corrected chi connectivity index (χ2v) is 3.96. The molecule has 0 aliphatic carbocycles. The molecule has 0 aliphatic rings. The first-order valence-corrected chi connectivity index (χ1v) is 5.59. The van der Waals surface area contributed by atoms with Gasteiger partial charge >= 0.3 is 0 Å². The molecular formula is C12H14ClFN2. The average molecular weight is 241 g/mol. The smallest absolute Gasteiger partial charge is 0.142 e. The second-order valence-electron chi connectivity index (χ2n) is 3.58. The third-order valence-corrected chi connectivity index (χ3v) is 2.68.